The molecule has 1 nitrogen and oxygen atoms in total. The fourth-order valence-electron chi connectivity index (χ4n) is 3.10. The molecule has 0 bridgehead atoms. The van der Waals surface area contributed by atoms with Gasteiger partial charge in [0.05, 0.1) is 6.42 Å². The first kappa shape index (κ1) is 21.3. The SMILES string of the molecule is CCCc1ccc(CCC(F)(F)Oc2ccc(-c3ccc(Cl)cc3)cc2)c(F)c1. The van der Waals surface area contributed by atoms with E-state index in [0.29, 0.717) is 5.02 Å². The highest BCUT2D eigenvalue weighted by Gasteiger charge is 2.31. The summed E-state index contributed by atoms with van der Waals surface area (Å²) in [6.45, 7) is 2.01. The Hall–Kier alpha value is -2.46. The molecule has 0 N–H and O–H groups in total. The van der Waals surface area contributed by atoms with Crippen molar-refractivity contribution >= 4 is 11.6 Å². The van der Waals surface area contributed by atoms with Crippen LogP contribution in [0.15, 0.2) is 66.7 Å². The molecule has 0 atom stereocenters. The zero-order valence-electron chi connectivity index (χ0n) is 16.1. The van der Waals surface area contributed by atoms with Gasteiger partial charge in [0.2, 0.25) is 0 Å². The van der Waals surface area contributed by atoms with Gasteiger partial charge in [0, 0.05) is 5.02 Å². The van der Waals surface area contributed by atoms with Crippen LogP contribution in [0, 0.1) is 5.82 Å². The molecule has 152 valence electrons. The topological polar surface area (TPSA) is 9.23 Å². The number of halogens is 4. The maximum absolute atomic E-state index is 14.2. The number of hydrogen-bond acceptors (Lipinski definition) is 1. The van der Waals surface area contributed by atoms with Crippen molar-refractivity contribution in [1.29, 1.82) is 0 Å². The summed E-state index contributed by atoms with van der Waals surface area (Å²) < 4.78 is 47.4. The quantitative estimate of drug-likeness (QED) is 0.364. The molecule has 0 aliphatic carbocycles. The Morgan fingerprint density at radius 3 is 2.07 bits per heavy atom. The Morgan fingerprint density at radius 2 is 1.48 bits per heavy atom. The number of benzene rings is 3. The van der Waals surface area contributed by atoms with Gasteiger partial charge in [-0.1, -0.05) is 61.3 Å². The van der Waals surface area contributed by atoms with Crippen molar-refractivity contribution in [3.8, 4) is 16.9 Å². The number of rotatable bonds is 8. The molecule has 0 amide bonds. The lowest BCUT2D eigenvalue weighted by molar-refractivity contribution is -0.180. The van der Waals surface area contributed by atoms with Gasteiger partial charge in [0.25, 0.3) is 0 Å². The number of hydrogen-bond donors (Lipinski definition) is 0. The third-order valence-electron chi connectivity index (χ3n) is 4.64. The third-order valence-corrected chi connectivity index (χ3v) is 4.89. The minimum absolute atomic E-state index is 0.0616. The molecule has 0 radical (unpaired) electrons. The van der Waals surface area contributed by atoms with Gasteiger partial charge in [-0.05, 0) is 65.4 Å². The fourth-order valence-corrected chi connectivity index (χ4v) is 3.23. The number of alkyl halides is 2. The molecule has 0 saturated carbocycles. The highest BCUT2D eigenvalue weighted by molar-refractivity contribution is 6.30. The van der Waals surface area contributed by atoms with E-state index in [-0.39, 0.29) is 17.7 Å². The first-order valence-corrected chi connectivity index (χ1v) is 9.94. The molecule has 29 heavy (non-hydrogen) atoms. The van der Waals surface area contributed by atoms with Gasteiger partial charge in [-0.2, -0.15) is 8.78 Å². The molecule has 3 aromatic carbocycles. The summed E-state index contributed by atoms with van der Waals surface area (Å²) in [6, 6.07) is 18.4. The second-order valence-corrected chi connectivity index (χ2v) is 7.38. The monoisotopic (exact) mass is 418 g/mol. The Morgan fingerprint density at radius 1 is 0.862 bits per heavy atom. The Kier molecular flexibility index (Phi) is 6.86. The summed E-state index contributed by atoms with van der Waals surface area (Å²) in [5.41, 5.74) is 2.94. The van der Waals surface area contributed by atoms with Crippen molar-refractivity contribution in [2.24, 2.45) is 0 Å². The van der Waals surface area contributed by atoms with Gasteiger partial charge in [0.1, 0.15) is 11.6 Å². The van der Waals surface area contributed by atoms with E-state index in [1.165, 1.54) is 18.2 Å². The van der Waals surface area contributed by atoms with Crippen LogP contribution in [0.1, 0.15) is 30.9 Å². The van der Waals surface area contributed by atoms with Crippen LogP contribution in [0.3, 0.4) is 0 Å². The molecule has 5 heteroatoms. The number of aryl methyl sites for hydroxylation is 2. The molecule has 0 spiro atoms. The van der Waals surface area contributed by atoms with Crippen LogP contribution in [-0.2, 0) is 12.8 Å². The second-order valence-electron chi connectivity index (χ2n) is 6.95. The summed E-state index contributed by atoms with van der Waals surface area (Å²) in [7, 11) is 0. The maximum atomic E-state index is 14.2. The third kappa shape index (κ3) is 6.01. The lowest BCUT2D eigenvalue weighted by Crippen LogP contribution is -2.25. The summed E-state index contributed by atoms with van der Waals surface area (Å²) in [6.07, 6.45) is -2.43. The molecule has 0 aromatic heterocycles. The van der Waals surface area contributed by atoms with E-state index in [1.54, 1.807) is 36.4 Å². The molecule has 0 saturated heterocycles. The lowest BCUT2D eigenvalue weighted by atomic mass is 10.0. The van der Waals surface area contributed by atoms with Crippen LogP contribution >= 0.6 is 11.6 Å². The molecule has 0 unspecified atom stereocenters. The first-order valence-electron chi connectivity index (χ1n) is 9.56. The van der Waals surface area contributed by atoms with Gasteiger partial charge in [-0.25, -0.2) is 4.39 Å². The van der Waals surface area contributed by atoms with Gasteiger partial charge in [0.15, 0.2) is 0 Å². The van der Waals surface area contributed by atoms with E-state index in [1.807, 2.05) is 19.1 Å². The average Bonchev–Trinajstić information content (AvgIpc) is 2.69. The minimum atomic E-state index is -3.39. The zero-order chi connectivity index (χ0) is 20.9. The van der Waals surface area contributed by atoms with Crippen LogP contribution in [0.2, 0.25) is 5.02 Å². The van der Waals surface area contributed by atoms with Crippen molar-refractivity contribution in [2.75, 3.05) is 0 Å². The van der Waals surface area contributed by atoms with E-state index < -0.39 is 18.3 Å². The smallest absolute Gasteiger partial charge is 0.398 e. The molecule has 3 aromatic rings. The largest absolute Gasteiger partial charge is 0.433 e. The van der Waals surface area contributed by atoms with E-state index in [2.05, 4.69) is 0 Å². The van der Waals surface area contributed by atoms with Crippen LogP contribution < -0.4 is 4.74 Å². The van der Waals surface area contributed by atoms with Crippen molar-refractivity contribution in [2.45, 2.75) is 38.7 Å². The van der Waals surface area contributed by atoms with Crippen molar-refractivity contribution in [3.05, 3.63) is 88.7 Å². The number of ether oxygens (including phenoxy) is 1. The minimum Gasteiger partial charge on any atom is -0.433 e. The van der Waals surface area contributed by atoms with Crippen LogP contribution in [0.5, 0.6) is 5.75 Å². The standard InChI is InChI=1S/C24H22ClF3O/c1-2-3-17-4-5-20(23(26)16-17)14-15-24(27,28)29-22-12-8-19(9-13-22)18-6-10-21(25)11-7-18/h4-13,16H,2-3,14-15H2,1H3. The maximum Gasteiger partial charge on any atom is 0.398 e. The Labute approximate surface area is 174 Å². The van der Waals surface area contributed by atoms with E-state index in [9.17, 15) is 13.2 Å². The summed E-state index contributed by atoms with van der Waals surface area (Å²) in [5.74, 6) is -0.384. The van der Waals surface area contributed by atoms with Crippen LogP contribution in [0.4, 0.5) is 13.2 Å². The molecule has 0 aliphatic rings. The molecular formula is C24H22ClF3O. The Balaban J connectivity index is 1.61. The molecule has 0 fully saturated rings. The second kappa shape index (κ2) is 9.36. The van der Waals surface area contributed by atoms with Crippen molar-refractivity contribution in [3.63, 3.8) is 0 Å². The van der Waals surface area contributed by atoms with Crippen LogP contribution in [0.25, 0.3) is 11.1 Å². The first-order chi connectivity index (χ1) is 13.9. The van der Waals surface area contributed by atoms with E-state index >= 15 is 0 Å². The summed E-state index contributed by atoms with van der Waals surface area (Å²) >= 11 is 5.88. The van der Waals surface area contributed by atoms with Gasteiger partial charge < -0.3 is 4.74 Å². The predicted molar refractivity (Wildman–Crippen MR) is 111 cm³/mol. The normalized spacial score (nSPS) is 11.5. The predicted octanol–water partition coefficient (Wildman–Crippen LogP) is 7.70. The van der Waals surface area contributed by atoms with Crippen molar-refractivity contribution in [1.82, 2.24) is 0 Å². The molecule has 0 heterocycles. The van der Waals surface area contributed by atoms with Gasteiger partial charge in [-0.15, -0.1) is 0 Å². The highest BCUT2D eigenvalue weighted by atomic mass is 35.5. The molecular weight excluding hydrogens is 397 g/mol. The van der Waals surface area contributed by atoms with E-state index in [4.69, 9.17) is 16.3 Å². The molecule has 3 rings (SSSR count). The Bertz CT molecular complexity index is 937. The van der Waals surface area contributed by atoms with Crippen LogP contribution in [-0.4, -0.2) is 6.11 Å². The van der Waals surface area contributed by atoms with E-state index in [0.717, 1.165) is 29.5 Å². The fraction of sp³-hybridized carbons (Fsp3) is 0.250. The molecule has 0 aliphatic heterocycles. The summed E-state index contributed by atoms with van der Waals surface area (Å²) in [5, 5.41) is 0.629. The lowest BCUT2D eigenvalue weighted by Gasteiger charge is -2.18. The summed E-state index contributed by atoms with van der Waals surface area (Å²) in [4.78, 5) is 0. The van der Waals surface area contributed by atoms with Crippen molar-refractivity contribution < 1.29 is 17.9 Å². The highest BCUT2D eigenvalue weighted by Crippen LogP contribution is 2.29. The zero-order valence-corrected chi connectivity index (χ0v) is 16.9. The average molecular weight is 419 g/mol. The van der Waals surface area contributed by atoms with Gasteiger partial charge in [-0.3, -0.25) is 0 Å². The van der Waals surface area contributed by atoms with Gasteiger partial charge >= 0.3 is 6.11 Å².